The van der Waals surface area contributed by atoms with E-state index in [0.29, 0.717) is 6.04 Å². The van der Waals surface area contributed by atoms with Crippen LogP contribution in [0, 0.1) is 0 Å². The van der Waals surface area contributed by atoms with E-state index in [0.717, 1.165) is 55.6 Å². The molecule has 0 aliphatic heterocycles. The number of aromatic nitrogens is 2. The lowest BCUT2D eigenvalue weighted by atomic mass is 9.92. The van der Waals surface area contributed by atoms with E-state index in [1.807, 2.05) is 12.1 Å². The van der Waals surface area contributed by atoms with E-state index in [1.165, 1.54) is 5.52 Å². The first-order valence-corrected chi connectivity index (χ1v) is 7.63. The molecule has 4 heteroatoms. The summed E-state index contributed by atoms with van der Waals surface area (Å²) in [6.07, 6.45) is 5.82. The number of benzene rings is 1. The highest BCUT2D eigenvalue weighted by atomic mass is 16.3. The highest BCUT2D eigenvalue weighted by molar-refractivity contribution is 5.79. The van der Waals surface area contributed by atoms with Gasteiger partial charge in [-0.3, -0.25) is 0 Å². The van der Waals surface area contributed by atoms with Gasteiger partial charge < -0.3 is 15.4 Å². The van der Waals surface area contributed by atoms with Crippen LogP contribution in [0.2, 0.25) is 0 Å². The van der Waals surface area contributed by atoms with Crippen molar-refractivity contribution in [1.29, 1.82) is 0 Å². The van der Waals surface area contributed by atoms with Gasteiger partial charge in [0.2, 0.25) is 0 Å². The first-order chi connectivity index (χ1) is 9.69. The fourth-order valence-electron chi connectivity index (χ4n) is 3.29. The first-order valence-electron chi connectivity index (χ1n) is 7.63. The van der Waals surface area contributed by atoms with Crippen LogP contribution >= 0.6 is 0 Å². The predicted molar refractivity (Wildman–Crippen MR) is 81.7 cm³/mol. The molecule has 0 saturated heterocycles. The SMILES string of the molecule is CCCc1nc2cc(N)ccc2n1C1CCC(O)CC1. The molecule has 1 saturated carbocycles. The quantitative estimate of drug-likeness (QED) is 0.845. The number of nitrogens with two attached hydrogens (primary N) is 1. The molecule has 3 rings (SSSR count). The number of hydrogen-bond donors (Lipinski definition) is 2. The van der Waals surface area contributed by atoms with Crippen LogP contribution in [0.5, 0.6) is 0 Å². The number of nitrogens with zero attached hydrogens (tertiary/aromatic N) is 2. The van der Waals surface area contributed by atoms with E-state index < -0.39 is 0 Å². The van der Waals surface area contributed by atoms with Crippen molar-refractivity contribution in [1.82, 2.24) is 9.55 Å². The lowest BCUT2D eigenvalue weighted by Crippen LogP contribution is -2.22. The van der Waals surface area contributed by atoms with Gasteiger partial charge in [0.25, 0.3) is 0 Å². The number of hydrogen-bond acceptors (Lipinski definition) is 3. The Morgan fingerprint density at radius 2 is 2.05 bits per heavy atom. The summed E-state index contributed by atoms with van der Waals surface area (Å²) in [7, 11) is 0. The van der Waals surface area contributed by atoms with E-state index in [4.69, 9.17) is 10.7 Å². The van der Waals surface area contributed by atoms with Crippen molar-refractivity contribution in [2.75, 3.05) is 5.73 Å². The minimum absolute atomic E-state index is 0.119. The number of aryl methyl sites for hydroxylation is 1. The van der Waals surface area contributed by atoms with Crippen molar-refractivity contribution in [2.24, 2.45) is 0 Å². The Labute approximate surface area is 119 Å². The lowest BCUT2D eigenvalue weighted by molar-refractivity contribution is 0.111. The van der Waals surface area contributed by atoms with Gasteiger partial charge in [-0.05, 0) is 50.3 Å². The fourth-order valence-corrected chi connectivity index (χ4v) is 3.29. The molecule has 1 aromatic heterocycles. The Hall–Kier alpha value is -1.55. The van der Waals surface area contributed by atoms with Gasteiger partial charge in [0.15, 0.2) is 0 Å². The van der Waals surface area contributed by atoms with Crippen molar-refractivity contribution in [2.45, 2.75) is 57.6 Å². The molecule has 0 unspecified atom stereocenters. The Morgan fingerprint density at radius 1 is 1.30 bits per heavy atom. The second-order valence-electron chi connectivity index (χ2n) is 5.86. The average molecular weight is 273 g/mol. The predicted octanol–water partition coefficient (Wildman–Crippen LogP) is 3.05. The van der Waals surface area contributed by atoms with E-state index >= 15 is 0 Å². The van der Waals surface area contributed by atoms with E-state index in [2.05, 4.69) is 17.6 Å². The monoisotopic (exact) mass is 273 g/mol. The van der Waals surface area contributed by atoms with Crippen LogP contribution in [-0.2, 0) is 6.42 Å². The van der Waals surface area contributed by atoms with Gasteiger partial charge in [0.1, 0.15) is 5.82 Å². The lowest BCUT2D eigenvalue weighted by Gasteiger charge is -2.28. The number of aliphatic hydroxyl groups excluding tert-OH is 1. The molecular weight excluding hydrogens is 250 g/mol. The molecular formula is C16H23N3O. The minimum Gasteiger partial charge on any atom is -0.399 e. The molecule has 1 aliphatic rings. The van der Waals surface area contributed by atoms with Gasteiger partial charge in [0.05, 0.1) is 17.1 Å². The Bertz CT molecular complexity index is 597. The summed E-state index contributed by atoms with van der Waals surface area (Å²) in [4.78, 5) is 4.78. The third-order valence-electron chi connectivity index (χ3n) is 4.29. The van der Waals surface area contributed by atoms with Crippen LogP contribution in [-0.4, -0.2) is 20.8 Å². The van der Waals surface area contributed by atoms with Crippen LogP contribution in [0.15, 0.2) is 18.2 Å². The smallest absolute Gasteiger partial charge is 0.110 e. The molecule has 3 N–H and O–H groups in total. The fraction of sp³-hybridized carbons (Fsp3) is 0.562. The standard InChI is InChI=1S/C16H23N3O/c1-2-3-16-18-14-10-11(17)4-9-15(14)19(16)12-5-7-13(20)8-6-12/h4,9-10,12-13,20H,2-3,5-8,17H2,1H3. The second kappa shape index (κ2) is 5.44. The molecule has 4 nitrogen and oxygen atoms in total. The summed E-state index contributed by atoms with van der Waals surface area (Å²) in [5.74, 6) is 1.16. The average Bonchev–Trinajstić information content (AvgIpc) is 2.77. The van der Waals surface area contributed by atoms with Crippen molar-refractivity contribution in [3.05, 3.63) is 24.0 Å². The third kappa shape index (κ3) is 2.40. The zero-order chi connectivity index (χ0) is 14.1. The van der Waals surface area contributed by atoms with Crippen LogP contribution in [0.25, 0.3) is 11.0 Å². The van der Waals surface area contributed by atoms with Crippen molar-refractivity contribution in [3.63, 3.8) is 0 Å². The van der Waals surface area contributed by atoms with Gasteiger partial charge in [-0.2, -0.15) is 0 Å². The zero-order valence-corrected chi connectivity index (χ0v) is 12.0. The topological polar surface area (TPSA) is 64.1 Å². The Morgan fingerprint density at radius 3 is 2.75 bits per heavy atom. The highest BCUT2D eigenvalue weighted by Gasteiger charge is 2.24. The number of nitrogen functional groups attached to an aromatic ring is 1. The number of aliphatic hydroxyl groups is 1. The summed E-state index contributed by atoms with van der Waals surface area (Å²) in [5.41, 5.74) is 8.82. The third-order valence-corrected chi connectivity index (χ3v) is 4.29. The summed E-state index contributed by atoms with van der Waals surface area (Å²) in [5, 5.41) is 9.71. The molecule has 0 spiro atoms. The maximum atomic E-state index is 9.71. The van der Waals surface area contributed by atoms with Gasteiger partial charge >= 0.3 is 0 Å². The minimum atomic E-state index is -0.119. The largest absolute Gasteiger partial charge is 0.399 e. The van der Waals surface area contributed by atoms with Gasteiger partial charge in [-0.1, -0.05) is 6.92 Å². The molecule has 0 bridgehead atoms. The van der Waals surface area contributed by atoms with Crippen LogP contribution in [0.1, 0.15) is 50.9 Å². The van der Waals surface area contributed by atoms with Crippen molar-refractivity contribution < 1.29 is 5.11 Å². The summed E-state index contributed by atoms with van der Waals surface area (Å²) >= 11 is 0. The Balaban J connectivity index is 2.04. The summed E-state index contributed by atoms with van der Waals surface area (Å²) in [6.45, 7) is 2.18. The first kappa shape index (κ1) is 13.4. The number of anilines is 1. The van der Waals surface area contributed by atoms with Gasteiger partial charge in [-0.15, -0.1) is 0 Å². The van der Waals surface area contributed by atoms with E-state index in [9.17, 15) is 5.11 Å². The molecule has 1 aromatic carbocycles. The number of imidazole rings is 1. The van der Waals surface area contributed by atoms with E-state index in [-0.39, 0.29) is 6.10 Å². The van der Waals surface area contributed by atoms with Crippen molar-refractivity contribution in [3.8, 4) is 0 Å². The molecule has 2 aromatic rings. The maximum Gasteiger partial charge on any atom is 0.110 e. The molecule has 0 amide bonds. The number of rotatable bonds is 3. The van der Waals surface area contributed by atoms with E-state index in [1.54, 1.807) is 0 Å². The highest BCUT2D eigenvalue weighted by Crippen LogP contribution is 2.33. The van der Waals surface area contributed by atoms with Crippen molar-refractivity contribution >= 4 is 16.7 Å². The maximum absolute atomic E-state index is 9.71. The second-order valence-corrected chi connectivity index (χ2v) is 5.86. The van der Waals surface area contributed by atoms with Crippen LogP contribution in [0.4, 0.5) is 5.69 Å². The van der Waals surface area contributed by atoms with Gasteiger partial charge in [-0.25, -0.2) is 4.98 Å². The molecule has 108 valence electrons. The Kier molecular flexibility index (Phi) is 3.66. The molecule has 0 atom stereocenters. The van der Waals surface area contributed by atoms with Crippen LogP contribution < -0.4 is 5.73 Å². The normalized spacial score (nSPS) is 23.3. The molecule has 1 aliphatic carbocycles. The molecule has 0 radical (unpaired) electrons. The summed E-state index contributed by atoms with van der Waals surface area (Å²) < 4.78 is 2.39. The van der Waals surface area contributed by atoms with Gasteiger partial charge in [0, 0.05) is 18.2 Å². The molecule has 1 fully saturated rings. The zero-order valence-electron chi connectivity index (χ0n) is 12.0. The van der Waals surface area contributed by atoms with Crippen LogP contribution in [0.3, 0.4) is 0 Å². The molecule has 20 heavy (non-hydrogen) atoms. The molecule has 1 heterocycles. The summed E-state index contributed by atoms with van der Waals surface area (Å²) in [6, 6.07) is 6.46. The number of fused-ring (bicyclic) bond motifs is 1.